The molecular formula is C20H21O3P. The average molecular weight is 340 g/mol. The van der Waals surface area contributed by atoms with Crippen molar-refractivity contribution < 1.29 is 14.1 Å². The van der Waals surface area contributed by atoms with Crippen molar-refractivity contribution in [1.29, 1.82) is 0 Å². The van der Waals surface area contributed by atoms with Crippen LogP contribution in [-0.2, 0) is 9.56 Å². The lowest BCUT2D eigenvalue weighted by atomic mass is 9.94. The highest BCUT2D eigenvalue weighted by Crippen LogP contribution is 2.63. The lowest BCUT2D eigenvalue weighted by Gasteiger charge is -2.31. The summed E-state index contributed by atoms with van der Waals surface area (Å²) in [6, 6.07) is 18.8. The second-order valence-corrected chi connectivity index (χ2v) is 9.19. The summed E-state index contributed by atoms with van der Waals surface area (Å²) >= 11 is 0. The van der Waals surface area contributed by atoms with Crippen molar-refractivity contribution in [3.05, 3.63) is 54.6 Å². The van der Waals surface area contributed by atoms with Gasteiger partial charge < -0.3 is 4.52 Å². The van der Waals surface area contributed by atoms with Crippen LogP contribution in [0.25, 0.3) is 21.5 Å². The zero-order valence-corrected chi connectivity index (χ0v) is 15.3. The van der Waals surface area contributed by atoms with Gasteiger partial charge in [0.25, 0.3) is 8.38 Å². The summed E-state index contributed by atoms with van der Waals surface area (Å²) in [7, 11) is -1.22. The summed E-state index contributed by atoms with van der Waals surface area (Å²) in [5, 5.41) is 4.31. The lowest BCUT2D eigenvalue weighted by Crippen LogP contribution is -2.40. The van der Waals surface area contributed by atoms with Crippen LogP contribution in [0.5, 0.6) is 5.75 Å². The van der Waals surface area contributed by atoms with Gasteiger partial charge in [0.15, 0.2) is 0 Å². The first kappa shape index (κ1) is 15.8. The van der Waals surface area contributed by atoms with Crippen molar-refractivity contribution in [2.75, 3.05) is 0 Å². The van der Waals surface area contributed by atoms with Gasteiger partial charge >= 0.3 is 0 Å². The highest BCUT2D eigenvalue weighted by molar-refractivity contribution is 7.49. The van der Waals surface area contributed by atoms with E-state index in [1.165, 1.54) is 10.8 Å². The summed E-state index contributed by atoms with van der Waals surface area (Å²) in [6.45, 7) is 8.36. The summed E-state index contributed by atoms with van der Waals surface area (Å²) in [6.07, 6.45) is 0. The minimum absolute atomic E-state index is 0.222. The van der Waals surface area contributed by atoms with E-state index in [1.807, 2.05) is 26.0 Å². The zero-order chi connectivity index (χ0) is 16.9. The lowest BCUT2D eigenvalue weighted by molar-refractivity contribution is -0.257. The molecular weight excluding hydrogens is 319 g/mol. The van der Waals surface area contributed by atoms with E-state index in [2.05, 4.69) is 56.3 Å². The monoisotopic (exact) mass is 340 g/mol. The molecule has 24 heavy (non-hydrogen) atoms. The number of hydrogen-bond acceptors (Lipinski definition) is 3. The molecule has 4 heteroatoms. The molecule has 124 valence electrons. The largest absolute Gasteiger partial charge is 0.444 e. The van der Waals surface area contributed by atoms with Crippen LogP contribution in [0, 0.1) is 0 Å². The van der Waals surface area contributed by atoms with Gasteiger partial charge in [-0.05, 0) is 44.5 Å². The Hall–Kier alpha value is -1.67. The third-order valence-corrected chi connectivity index (χ3v) is 7.15. The molecule has 0 saturated carbocycles. The van der Waals surface area contributed by atoms with E-state index in [1.54, 1.807) is 0 Å². The van der Waals surface area contributed by atoms with Gasteiger partial charge in [0.05, 0.1) is 5.16 Å². The van der Waals surface area contributed by atoms with E-state index in [4.69, 9.17) is 14.1 Å². The van der Waals surface area contributed by atoms with Gasteiger partial charge in [0.2, 0.25) is 0 Å². The Labute approximate surface area is 143 Å². The first-order valence-electron chi connectivity index (χ1n) is 8.15. The summed E-state index contributed by atoms with van der Waals surface area (Å²) in [5.41, 5.74) is -0.390. The van der Waals surface area contributed by atoms with E-state index >= 15 is 0 Å². The molecule has 0 spiro atoms. The molecule has 1 aliphatic rings. The topological polar surface area (TPSA) is 27.7 Å². The van der Waals surface area contributed by atoms with Gasteiger partial charge in [-0.1, -0.05) is 48.5 Å². The van der Waals surface area contributed by atoms with E-state index in [0.29, 0.717) is 0 Å². The number of fused-ring (bicyclic) bond motifs is 2. The normalized spacial score (nSPS) is 22.1. The highest BCUT2D eigenvalue weighted by Gasteiger charge is 2.55. The molecule has 0 N–H and O–H groups in total. The predicted molar refractivity (Wildman–Crippen MR) is 99.3 cm³/mol. The second-order valence-electron chi connectivity index (χ2n) is 7.22. The molecule has 0 aliphatic carbocycles. The van der Waals surface area contributed by atoms with Crippen molar-refractivity contribution in [3.63, 3.8) is 0 Å². The van der Waals surface area contributed by atoms with Gasteiger partial charge in [-0.2, -0.15) is 4.67 Å². The van der Waals surface area contributed by atoms with Gasteiger partial charge in [-0.15, -0.1) is 0 Å². The minimum atomic E-state index is -1.22. The number of hydrogen-bond donors (Lipinski definition) is 0. The first-order valence-corrected chi connectivity index (χ1v) is 9.32. The zero-order valence-electron chi connectivity index (χ0n) is 14.4. The van der Waals surface area contributed by atoms with Gasteiger partial charge in [0, 0.05) is 10.8 Å². The fourth-order valence-corrected chi connectivity index (χ4v) is 4.36. The van der Waals surface area contributed by atoms with E-state index in [0.717, 1.165) is 16.5 Å². The fraction of sp³-hybridized carbons (Fsp3) is 0.300. The molecule has 3 aromatic carbocycles. The van der Waals surface area contributed by atoms with Crippen LogP contribution >= 0.6 is 8.38 Å². The third-order valence-electron chi connectivity index (χ3n) is 5.14. The Morgan fingerprint density at radius 3 is 1.88 bits per heavy atom. The van der Waals surface area contributed by atoms with Crippen LogP contribution in [0.1, 0.15) is 27.7 Å². The Morgan fingerprint density at radius 2 is 1.38 bits per heavy atom. The summed E-state index contributed by atoms with van der Waals surface area (Å²) in [4.78, 5) is 5.57. The summed E-state index contributed by atoms with van der Waals surface area (Å²) < 4.78 is 12.1. The van der Waals surface area contributed by atoms with E-state index < -0.39 is 8.38 Å². The molecule has 0 bridgehead atoms. The van der Waals surface area contributed by atoms with E-state index in [-0.39, 0.29) is 10.8 Å². The van der Waals surface area contributed by atoms with Crippen molar-refractivity contribution in [2.45, 2.75) is 38.5 Å². The molecule has 1 unspecified atom stereocenters. The quantitative estimate of drug-likeness (QED) is 0.316. The molecule has 0 aromatic heterocycles. The van der Waals surface area contributed by atoms with Gasteiger partial charge in [-0.3, -0.25) is 0 Å². The maximum absolute atomic E-state index is 6.47. The smallest absolute Gasteiger partial charge is 0.273 e. The van der Waals surface area contributed by atoms with Crippen molar-refractivity contribution >= 4 is 29.9 Å². The van der Waals surface area contributed by atoms with Crippen LogP contribution in [0.3, 0.4) is 0 Å². The number of benzene rings is 3. The van der Waals surface area contributed by atoms with Crippen LogP contribution in [0.2, 0.25) is 0 Å². The van der Waals surface area contributed by atoms with Crippen LogP contribution in [-0.4, -0.2) is 10.8 Å². The Bertz CT molecular complexity index is 863. The standard InChI is InChI=1S/C20H21O3P/c1-19(2)20(3,4)24(23-22-19)21-18-16-11-7-5-9-14(16)13-15-10-6-8-12-17(15)18/h5-13H,1-4H3. The Kier molecular flexibility index (Phi) is 3.58. The van der Waals surface area contributed by atoms with Crippen LogP contribution < -0.4 is 4.52 Å². The molecule has 1 aliphatic heterocycles. The highest BCUT2D eigenvalue weighted by atomic mass is 31.2. The Morgan fingerprint density at radius 1 is 0.833 bits per heavy atom. The fourth-order valence-electron chi connectivity index (χ4n) is 2.82. The SMILES string of the molecule is CC1(C)OOP(Oc2c3ccccc3cc3ccccc23)C1(C)C. The van der Waals surface area contributed by atoms with Crippen molar-refractivity contribution in [3.8, 4) is 5.75 Å². The molecule has 4 rings (SSSR count). The maximum atomic E-state index is 6.47. The molecule has 1 fully saturated rings. The third kappa shape index (κ3) is 2.31. The van der Waals surface area contributed by atoms with Crippen molar-refractivity contribution in [2.24, 2.45) is 0 Å². The molecule has 3 nitrogen and oxygen atoms in total. The van der Waals surface area contributed by atoms with Crippen LogP contribution in [0.4, 0.5) is 0 Å². The van der Waals surface area contributed by atoms with E-state index in [9.17, 15) is 0 Å². The minimum Gasteiger partial charge on any atom is -0.444 e. The molecule has 1 saturated heterocycles. The molecule has 0 radical (unpaired) electrons. The second kappa shape index (κ2) is 5.42. The molecule has 0 amide bonds. The first-order chi connectivity index (χ1) is 11.4. The van der Waals surface area contributed by atoms with Crippen LogP contribution in [0.15, 0.2) is 54.6 Å². The molecule has 1 heterocycles. The average Bonchev–Trinajstić information content (AvgIpc) is 2.76. The predicted octanol–water partition coefficient (Wildman–Crippen LogP) is 6.20. The number of rotatable bonds is 2. The van der Waals surface area contributed by atoms with Crippen molar-refractivity contribution in [1.82, 2.24) is 0 Å². The van der Waals surface area contributed by atoms with Gasteiger partial charge in [-0.25, -0.2) is 4.89 Å². The molecule has 1 atom stereocenters. The van der Waals surface area contributed by atoms with Gasteiger partial charge in [0.1, 0.15) is 11.4 Å². The Balaban J connectivity index is 1.89. The molecule has 3 aromatic rings. The summed E-state index contributed by atoms with van der Waals surface area (Å²) in [5.74, 6) is 0.879. The maximum Gasteiger partial charge on any atom is 0.273 e.